The van der Waals surface area contributed by atoms with Crippen molar-refractivity contribution in [3.63, 3.8) is 0 Å². The Labute approximate surface area is 214 Å². The summed E-state index contributed by atoms with van der Waals surface area (Å²) in [6.45, 7) is 1.00. The van der Waals surface area contributed by atoms with E-state index in [1.54, 1.807) is 10.7 Å². The average Bonchev–Trinajstić information content (AvgIpc) is 3.11. The average molecular weight is 529 g/mol. The molecule has 1 atom stereocenters. The van der Waals surface area contributed by atoms with E-state index in [4.69, 9.17) is 15.2 Å². The molecule has 0 amide bonds. The Balaban J connectivity index is 1.40. The lowest BCUT2D eigenvalue weighted by Gasteiger charge is -2.31. The third-order valence-corrected chi connectivity index (χ3v) is 6.94. The zero-order valence-corrected chi connectivity index (χ0v) is 20.3. The van der Waals surface area contributed by atoms with Crippen molar-refractivity contribution in [1.82, 2.24) is 24.6 Å². The zero-order valence-electron chi connectivity index (χ0n) is 20.3. The summed E-state index contributed by atoms with van der Waals surface area (Å²) in [5.74, 6) is -0.590. The second-order valence-electron chi connectivity index (χ2n) is 9.23. The summed E-state index contributed by atoms with van der Waals surface area (Å²) in [6, 6.07) is 3.55. The Morgan fingerprint density at radius 3 is 2.79 bits per heavy atom. The zero-order chi connectivity index (χ0) is 26.6. The molecule has 0 saturated heterocycles. The predicted octanol–water partition coefficient (Wildman–Crippen LogP) is 4.03. The minimum absolute atomic E-state index is 0.0611. The number of alkyl halides is 3. The van der Waals surface area contributed by atoms with Gasteiger partial charge in [-0.2, -0.15) is 28.2 Å². The number of hydrogen-bond donors (Lipinski definition) is 1. The molecule has 2 aliphatic rings. The van der Waals surface area contributed by atoms with Gasteiger partial charge in [-0.25, -0.2) is 13.9 Å². The molecule has 0 radical (unpaired) electrons. The van der Waals surface area contributed by atoms with E-state index in [9.17, 15) is 17.6 Å². The molecule has 0 spiro atoms. The van der Waals surface area contributed by atoms with Crippen LogP contribution >= 0.6 is 0 Å². The van der Waals surface area contributed by atoms with E-state index in [1.807, 2.05) is 12.3 Å². The topological polar surface area (TPSA) is 104 Å². The van der Waals surface area contributed by atoms with E-state index >= 15 is 0 Å². The van der Waals surface area contributed by atoms with Crippen molar-refractivity contribution in [2.75, 3.05) is 24.3 Å². The first kappa shape index (κ1) is 24.3. The Morgan fingerprint density at radius 2 is 2.00 bits per heavy atom. The first-order valence-electron chi connectivity index (χ1n) is 12.0. The van der Waals surface area contributed by atoms with Gasteiger partial charge < -0.3 is 20.1 Å². The Kier molecular flexibility index (Phi) is 5.82. The molecule has 2 aliphatic heterocycles. The monoisotopic (exact) mass is 529 g/mol. The summed E-state index contributed by atoms with van der Waals surface area (Å²) in [5, 5.41) is 4.66. The van der Waals surface area contributed by atoms with Crippen LogP contribution in [0.5, 0.6) is 6.01 Å². The quantitative estimate of drug-likeness (QED) is 0.313. The Bertz CT molecular complexity index is 1540. The Hall–Kier alpha value is -4.00. The third kappa shape index (κ3) is 4.06. The third-order valence-electron chi connectivity index (χ3n) is 6.94. The highest BCUT2D eigenvalue weighted by Gasteiger charge is 2.40. The number of aryl methyl sites for hydroxylation is 1. The van der Waals surface area contributed by atoms with Crippen LogP contribution in [0.2, 0.25) is 0 Å². The second-order valence-corrected chi connectivity index (χ2v) is 9.23. The van der Waals surface area contributed by atoms with Gasteiger partial charge in [0.1, 0.15) is 5.82 Å². The predicted molar refractivity (Wildman–Crippen MR) is 128 cm³/mol. The lowest BCUT2D eigenvalue weighted by molar-refractivity contribution is -0.140. The van der Waals surface area contributed by atoms with Crippen LogP contribution in [0.25, 0.3) is 5.65 Å². The van der Waals surface area contributed by atoms with Crippen LogP contribution in [0, 0.1) is 5.82 Å². The van der Waals surface area contributed by atoms with Crippen molar-refractivity contribution in [2.45, 2.75) is 44.7 Å². The number of anilines is 2. The van der Waals surface area contributed by atoms with Gasteiger partial charge in [-0.1, -0.05) is 0 Å². The highest BCUT2D eigenvalue weighted by atomic mass is 19.4. The summed E-state index contributed by atoms with van der Waals surface area (Å²) in [5.41, 5.74) is 7.21. The van der Waals surface area contributed by atoms with E-state index in [-0.39, 0.29) is 24.7 Å². The molecule has 5 heterocycles. The highest BCUT2D eigenvalue weighted by molar-refractivity contribution is 5.57. The molecule has 9 nitrogen and oxygen atoms in total. The molecule has 0 saturated carbocycles. The Morgan fingerprint density at radius 1 is 1.16 bits per heavy atom. The van der Waals surface area contributed by atoms with Crippen molar-refractivity contribution < 1.29 is 27.0 Å². The summed E-state index contributed by atoms with van der Waals surface area (Å²) >= 11 is 0. The molecule has 3 aromatic heterocycles. The number of hydrogen-bond acceptors (Lipinski definition) is 8. The van der Waals surface area contributed by atoms with Crippen LogP contribution < -0.4 is 15.4 Å². The van der Waals surface area contributed by atoms with Crippen molar-refractivity contribution in [1.29, 1.82) is 0 Å². The molecule has 38 heavy (non-hydrogen) atoms. The van der Waals surface area contributed by atoms with Crippen LogP contribution in [-0.2, 0) is 36.9 Å². The van der Waals surface area contributed by atoms with Gasteiger partial charge in [-0.15, -0.1) is 0 Å². The maximum absolute atomic E-state index is 15.0. The van der Waals surface area contributed by atoms with Gasteiger partial charge >= 0.3 is 12.2 Å². The normalized spacial score (nSPS) is 17.7. The van der Waals surface area contributed by atoms with Gasteiger partial charge in [-0.05, 0) is 31.0 Å². The van der Waals surface area contributed by atoms with Gasteiger partial charge in [0, 0.05) is 48.6 Å². The van der Waals surface area contributed by atoms with Gasteiger partial charge in [0.2, 0.25) is 0 Å². The maximum Gasteiger partial charge on any atom is 0.416 e. The highest BCUT2D eigenvalue weighted by Crippen LogP contribution is 2.43. The van der Waals surface area contributed by atoms with Gasteiger partial charge in [-0.3, -0.25) is 0 Å². The molecule has 0 fully saturated rings. The molecule has 198 valence electrons. The number of methoxy groups -OCH3 is 1. The van der Waals surface area contributed by atoms with Crippen LogP contribution in [0.15, 0.2) is 30.6 Å². The molecule has 1 unspecified atom stereocenters. The van der Waals surface area contributed by atoms with Crippen LogP contribution in [0.4, 0.5) is 29.1 Å². The summed E-state index contributed by atoms with van der Waals surface area (Å²) < 4.78 is 69.2. The fourth-order valence-corrected chi connectivity index (χ4v) is 5.17. The molecule has 2 N–H and O–H groups in total. The van der Waals surface area contributed by atoms with Crippen molar-refractivity contribution in [2.24, 2.45) is 0 Å². The number of fused-ring (bicyclic) bond motifs is 4. The van der Waals surface area contributed by atoms with Crippen LogP contribution in [-0.4, -0.2) is 38.2 Å². The first-order valence-corrected chi connectivity index (χ1v) is 12.0. The second kappa shape index (κ2) is 9.08. The smallest absolute Gasteiger partial charge is 0.416 e. The lowest BCUT2D eigenvalue weighted by atomic mass is 9.94. The van der Waals surface area contributed by atoms with Crippen molar-refractivity contribution in [3.8, 4) is 6.01 Å². The van der Waals surface area contributed by atoms with Crippen LogP contribution in [0.1, 0.15) is 46.2 Å². The molecule has 0 aliphatic carbocycles. The minimum atomic E-state index is -4.78. The number of rotatable bonds is 3. The summed E-state index contributed by atoms with van der Waals surface area (Å²) in [6.07, 6.45) is -1.03. The number of ether oxygens (including phenoxy) is 2. The lowest BCUT2D eigenvalue weighted by Crippen LogP contribution is -2.29. The van der Waals surface area contributed by atoms with Gasteiger partial charge in [0.25, 0.3) is 0 Å². The SMILES string of the molecule is COc1nc2c(c(N3CCCc4nn5cccnc5c4C3)n1)COC(c1c(C(F)(F)F)ccc(N)c1F)C2. The van der Waals surface area contributed by atoms with Gasteiger partial charge in [0.15, 0.2) is 11.5 Å². The van der Waals surface area contributed by atoms with Crippen molar-refractivity contribution in [3.05, 3.63) is 70.1 Å². The van der Waals surface area contributed by atoms with E-state index in [0.717, 1.165) is 41.9 Å². The van der Waals surface area contributed by atoms with E-state index in [2.05, 4.69) is 25.0 Å². The molecule has 13 heteroatoms. The standard InChI is InChI=1S/C25H23F4N7O2/c1-37-24-32-18-10-19(20-15(25(27,28)29)5-6-16(30)21(20)26)38-12-14(18)23(33-24)35-8-2-4-17-13(11-35)22-31-7-3-9-36(22)34-17/h3,5-7,9,19H,2,4,8,10-12,30H2,1H3. The number of halogens is 4. The fraction of sp³-hybridized carbons (Fsp3) is 0.360. The van der Waals surface area contributed by atoms with E-state index < -0.39 is 29.2 Å². The van der Waals surface area contributed by atoms with Gasteiger partial charge in [0.05, 0.1) is 42.5 Å². The molecule has 6 rings (SSSR count). The van der Waals surface area contributed by atoms with Crippen LogP contribution in [0.3, 0.4) is 0 Å². The first-order chi connectivity index (χ1) is 18.2. The maximum atomic E-state index is 15.0. The molecular formula is C25H23F4N7O2. The molecular weight excluding hydrogens is 506 g/mol. The number of nitrogens with zero attached hydrogens (tertiary/aromatic N) is 6. The van der Waals surface area contributed by atoms with E-state index in [1.165, 1.54) is 7.11 Å². The molecule has 1 aromatic carbocycles. The number of nitrogens with two attached hydrogens (primary N) is 1. The largest absolute Gasteiger partial charge is 0.467 e. The molecule has 4 aromatic rings. The number of benzene rings is 1. The number of aromatic nitrogens is 5. The summed E-state index contributed by atoms with van der Waals surface area (Å²) in [7, 11) is 1.41. The fourth-order valence-electron chi connectivity index (χ4n) is 5.17. The summed E-state index contributed by atoms with van der Waals surface area (Å²) in [4.78, 5) is 15.5. The van der Waals surface area contributed by atoms with Crippen molar-refractivity contribution >= 4 is 17.2 Å². The van der Waals surface area contributed by atoms with E-state index in [0.29, 0.717) is 30.2 Å². The molecule has 0 bridgehead atoms. The number of nitrogen functional groups attached to an aromatic ring is 1. The minimum Gasteiger partial charge on any atom is -0.467 e.